The monoisotopic (exact) mass is 401 g/mol. The summed E-state index contributed by atoms with van der Waals surface area (Å²) in [6.45, 7) is 0.133. The maximum atomic E-state index is 14.3. The number of halogens is 2. The highest BCUT2D eigenvalue weighted by molar-refractivity contribution is 6.61. The normalized spacial score (nSPS) is 21.1. The molecule has 0 saturated heterocycles. The lowest BCUT2D eigenvalue weighted by molar-refractivity contribution is 0.275. The molecular formula is C18H18BClFN5O2. The molecule has 0 bridgehead atoms. The Morgan fingerprint density at radius 3 is 3.00 bits per heavy atom. The number of hydrogen-bond donors (Lipinski definition) is 3. The van der Waals surface area contributed by atoms with Gasteiger partial charge in [0.05, 0.1) is 24.8 Å². The quantitative estimate of drug-likeness (QED) is 0.677. The van der Waals surface area contributed by atoms with Gasteiger partial charge in [-0.2, -0.15) is 10.2 Å². The highest BCUT2D eigenvalue weighted by Gasteiger charge is 2.31. The molecule has 2 heterocycles. The zero-order valence-electron chi connectivity index (χ0n) is 15.0. The van der Waals surface area contributed by atoms with Gasteiger partial charge in [0.15, 0.2) is 5.82 Å². The Kier molecular flexibility index (Phi) is 5.35. The van der Waals surface area contributed by atoms with Gasteiger partial charge in [-0.25, -0.2) is 9.37 Å². The van der Waals surface area contributed by atoms with Gasteiger partial charge in [0, 0.05) is 17.2 Å². The number of anilines is 3. The second-order valence-corrected chi connectivity index (χ2v) is 7.39. The second-order valence-electron chi connectivity index (χ2n) is 6.98. The number of fused-ring (bicyclic) bond motifs is 1. The Morgan fingerprint density at radius 1 is 1.36 bits per heavy atom. The van der Waals surface area contributed by atoms with Crippen LogP contribution in [0.15, 0.2) is 18.3 Å². The van der Waals surface area contributed by atoms with Crippen LogP contribution in [0.5, 0.6) is 0 Å². The van der Waals surface area contributed by atoms with Crippen molar-refractivity contribution in [2.24, 2.45) is 5.92 Å². The molecule has 0 amide bonds. The van der Waals surface area contributed by atoms with Crippen LogP contribution in [0.25, 0.3) is 0 Å². The average molecular weight is 402 g/mol. The van der Waals surface area contributed by atoms with Gasteiger partial charge in [0.2, 0.25) is 5.95 Å². The number of aromatic nitrogens is 2. The summed E-state index contributed by atoms with van der Waals surface area (Å²) in [7, 11) is -1.24. The zero-order valence-corrected chi connectivity index (χ0v) is 15.7. The van der Waals surface area contributed by atoms with Gasteiger partial charge in [-0.1, -0.05) is 24.4 Å². The summed E-state index contributed by atoms with van der Waals surface area (Å²) in [4.78, 5) is 8.53. The van der Waals surface area contributed by atoms with Crippen molar-refractivity contribution in [1.29, 1.82) is 5.26 Å². The third-order valence-corrected chi connectivity index (χ3v) is 5.39. The number of nitriles is 1. The summed E-state index contributed by atoms with van der Waals surface area (Å²) in [5.41, 5.74) is 1.17. The molecular weight excluding hydrogens is 383 g/mol. The van der Waals surface area contributed by atoms with E-state index in [0.29, 0.717) is 22.1 Å². The third-order valence-electron chi connectivity index (χ3n) is 5.11. The maximum absolute atomic E-state index is 14.3. The average Bonchev–Trinajstić information content (AvgIpc) is 3.06. The lowest BCUT2D eigenvalue weighted by atomic mass is 9.79. The van der Waals surface area contributed by atoms with Crippen molar-refractivity contribution in [2.45, 2.75) is 38.3 Å². The minimum atomic E-state index is -1.24. The van der Waals surface area contributed by atoms with E-state index in [-0.39, 0.29) is 30.0 Å². The zero-order chi connectivity index (χ0) is 19.7. The fourth-order valence-corrected chi connectivity index (χ4v) is 3.83. The van der Waals surface area contributed by atoms with E-state index in [1.807, 2.05) is 0 Å². The Hall–Kier alpha value is -2.41. The molecule has 0 spiro atoms. The number of benzene rings is 1. The fourth-order valence-electron chi connectivity index (χ4n) is 3.69. The Labute approximate surface area is 167 Å². The Bertz CT molecular complexity index is 941. The topological polar surface area (TPSA) is 103 Å². The molecule has 1 aliphatic carbocycles. The van der Waals surface area contributed by atoms with E-state index in [9.17, 15) is 14.7 Å². The van der Waals surface area contributed by atoms with E-state index in [0.717, 1.165) is 25.7 Å². The molecule has 3 N–H and O–H groups in total. The SMILES string of the molecule is N#CC1CCCCC1Nc1nc(Nc2cc(F)c3c(c2)COB3O)ncc1Cl. The molecule has 4 rings (SSSR count). The van der Waals surface area contributed by atoms with E-state index in [1.165, 1.54) is 12.3 Å². The van der Waals surface area contributed by atoms with E-state index in [2.05, 4.69) is 26.7 Å². The third kappa shape index (κ3) is 3.76. The molecule has 0 radical (unpaired) electrons. The number of hydrogen-bond acceptors (Lipinski definition) is 7. The van der Waals surface area contributed by atoms with Gasteiger partial charge in [0.25, 0.3) is 0 Å². The van der Waals surface area contributed by atoms with Gasteiger partial charge in [0.1, 0.15) is 10.8 Å². The fraction of sp³-hybridized carbons (Fsp3) is 0.389. The van der Waals surface area contributed by atoms with Crippen molar-refractivity contribution in [3.63, 3.8) is 0 Å². The summed E-state index contributed by atoms with van der Waals surface area (Å²) in [5, 5.41) is 25.6. The molecule has 144 valence electrons. The van der Waals surface area contributed by atoms with E-state index in [4.69, 9.17) is 16.3 Å². The number of nitrogens with zero attached hydrogens (tertiary/aromatic N) is 3. The smallest absolute Gasteiger partial charge is 0.423 e. The summed E-state index contributed by atoms with van der Waals surface area (Å²) in [6, 6.07) is 5.27. The molecule has 2 atom stereocenters. The summed E-state index contributed by atoms with van der Waals surface area (Å²) in [5.74, 6) is 0.0338. The van der Waals surface area contributed by atoms with Crippen LogP contribution in [0.1, 0.15) is 31.2 Å². The van der Waals surface area contributed by atoms with Gasteiger partial charge in [-0.3, -0.25) is 0 Å². The summed E-state index contributed by atoms with van der Waals surface area (Å²) in [6.07, 6.45) is 5.28. The lowest BCUT2D eigenvalue weighted by Crippen LogP contribution is -2.31. The van der Waals surface area contributed by atoms with Crippen molar-refractivity contribution in [3.8, 4) is 6.07 Å². The van der Waals surface area contributed by atoms with Crippen molar-refractivity contribution in [1.82, 2.24) is 9.97 Å². The molecule has 1 aromatic carbocycles. The lowest BCUT2D eigenvalue weighted by Gasteiger charge is -2.28. The van der Waals surface area contributed by atoms with Crippen LogP contribution in [0.3, 0.4) is 0 Å². The highest BCUT2D eigenvalue weighted by atomic mass is 35.5. The molecule has 1 saturated carbocycles. The molecule has 2 aromatic rings. The van der Waals surface area contributed by atoms with Gasteiger partial charge >= 0.3 is 7.12 Å². The first-order valence-electron chi connectivity index (χ1n) is 9.13. The van der Waals surface area contributed by atoms with E-state index in [1.54, 1.807) is 6.07 Å². The minimum Gasteiger partial charge on any atom is -0.423 e. The predicted octanol–water partition coefficient (Wildman–Crippen LogP) is 2.72. The van der Waals surface area contributed by atoms with Crippen LogP contribution >= 0.6 is 11.6 Å². The van der Waals surface area contributed by atoms with Gasteiger partial charge in [-0.15, -0.1) is 0 Å². The summed E-state index contributed by atoms with van der Waals surface area (Å²) < 4.78 is 19.3. The Balaban J connectivity index is 1.55. The van der Waals surface area contributed by atoms with Gasteiger partial charge in [-0.05, 0) is 30.5 Å². The molecule has 2 unspecified atom stereocenters. The van der Waals surface area contributed by atoms with Crippen LogP contribution in [0, 0.1) is 23.1 Å². The molecule has 2 aliphatic rings. The van der Waals surface area contributed by atoms with Crippen LogP contribution in [-0.4, -0.2) is 28.2 Å². The number of rotatable bonds is 4. The van der Waals surface area contributed by atoms with Crippen LogP contribution < -0.4 is 16.1 Å². The Morgan fingerprint density at radius 2 is 2.18 bits per heavy atom. The van der Waals surface area contributed by atoms with Crippen molar-refractivity contribution in [2.75, 3.05) is 10.6 Å². The minimum absolute atomic E-state index is 0.0184. The molecule has 7 nitrogen and oxygen atoms in total. The molecule has 10 heteroatoms. The highest BCUT2D eigenvalue weighted by Crippen LogP contribution is 2.29. The van der Waals surface area contributed by atoms with Crippen LogP contribution in [0.2, 0.25) is 5.02 Å². The van der Waals surface area contributed by atoms with Crippen molar-refractivity contribution >= 4 is 41.6 Å². The van der Waals surface area contributed by atoms with E-state index < -0.39 is 12.9 Å². The largest absolute Gasteiger partial charge is 0.494 e. The maximum Gasteiger partial charge on any atom is 0.494 e. The molecule has 28 heavy (non-hydrogen) atoms. The van der Waals surface area contributed by atoms with Crippen LogP contribution in [-0.2, 0) is 11.3 Å². The van der Waals surface area contributed by atoms with Crippen molar-refractivity contribution < 1.29 is 14.1 Å². The first kappa shape index (κ1) is 18.9. The number of nitrogens with one attached hydrogen (secondary N) is 2. The van der Waals surface area contributed by atoms with Gasteiger partial charge < -0.3 is 20.3 Å². The standard InChI is InChI=1S/C18H18BClFN5O2/c20-13-8-23-18(26-17(13)25-15-4-2-1-3-10(15)7-22)24-12-5-11-9-28-19(27)16(11)14(21)6-12/h5-6,8,10,15,27H,1-4,9H2,(H2,23,24,25,26). The molecule has 1 fully saturated rings. The first-order chi connectivity index (χ1) is 13.5. The second kappa shape index (κ2) is 7.91. The molecule has 1 aliphatic heterocycles. The van der Waals surface area contributed by atoms with Crippen LogP contribution in [0.4, 0.5) is 21.8 Å². The summed E-state index contributed by atoms with van der Waals surface area (Å²) >= 11 is 6.22. The first-order valence-corrected chi connectivity index (χ1v) is 9.50. The van der Waals surface area contributed by atoms with E-state index >= 15 is 0 Å². The molecule has 1 aromatic heterocycles. The predicted molar refractivity (Wildman–Crippen MR) is 104 cm³/mol. The van der Waals surface area contributed by atoms with Crippen molar-refractivity contribution in [3.05, 3.63) is 34.7 Å².